The second-order valence-corrected chi connectivity index (χ2v) is 4.73. The minimum absolute atomic E-state index is 0.0331. The quantitative estimate of drug-likeness (QED) is 0.726. The summed E-state index contributed by atoms with van der Waals surface area (Å²) >= 11 is 0. The molecular weight excluding hydrogens is 218 g/mol. The number of piperidine rings is 1. The molecule has 5 heteroatoms. The third-order valence-electron chi connectivity index (χ3n) is 3.36. The number of amides is 2. The van der Waals surface area contributed by atoms with Gasteiger partial charge >= 0.3 is 0 Å². The highest BCUT2D eigenvalue weighted by Crippen LogP contribution is 2.17. The van der Waals surface area contributed by atoms with Crippen molar-refractivity contribution in [1.82, 2.24) is 15.5 Å². The lowest BCUT2D eigenvalue weighted by Gasteiger charge is -2.32. The summed E-state index contributed by atoms with van der Waals surface area (Å²) < 4.78 is 0. The summed E-state index contributed by atoms with van der Waals surface area (Å²) in [6.45, 7) is 3.48. The van der Waals surface area contributed by atoms with Crippen LogP contribution in [0.1, 0.15) is 26.2 Å². The van der Waals surface area contributed by atoms with Crippen molar-refractivity contribution >= 4 is 11.8 Å². The van der Waals surface area contributed by atoms with Gasteiger partial charge in [0.25, 0.3) is 0 Å². The molecule has 0 aromatic rings. The molecule has 0 bridgehead atoms. The Kier molecular flexibility index (Phi) is 5.41. The molecule has 2 amide bonds. The van der Waals surface area contributed by atoms with Crippen LogP contribution < -0.4 is 10.6 Å². The van der Waals surface area contributed by atoms with E-state index in [2.05, 4.69) is 17.6 Å². The highest BCUT2D eigenvalue weighted by molar-refractivity contribution is 5.83. The molecule has 5 nitrogen and oxygen atoms in total. The zero-order valence-corrected chi connectivity index (χ0v) is 11.0. The van der Waals surface area contributed by atoms with Crippen molar-refractivity contribution in [2.45, 2.75) is 32.2 Å². The summed E-state index contributed by atoms with van der Waals surface area (Å²) in [7, 11) is 3.36. The fourth-order valence-corrected chi connectivity index (χ4v) is 2.12. The maximum absolute atomic E-state index is 12.1. The molecule has 1 heterocycles. The van der Waals surface area contributed by atoms with Crippen LogP contribution in [0, 0.1) is 5.92 Å². The average Bonchev–Trinajstić information content (AvgIpc) is 2.35. The second kappa shape index (κ2) is 6.59. The van der Waals surface area contributed by atoms with Crippen molar-refractivity contribution in [2.24, 2.45) is 5.92 Å². The molecule has 0 spiro atoms. The van der Waals surface area contributed by atoms with Crippen LogP contribution in [0.25, 0.3) is 0 Å². The lowest BCUT2D eigenvalue weighted by Crippen LogP contribution is -2.51. The topological polar surface area (TPSA) is 61.4 Å². The minimum Gasteiger partial charge on any atom is -0.359 e. The first-order chi connectivity index (χ1) is 8.06. The number of carbonyl (C=O) groups is 2. The third-order valence-corrected chi connectivity index (χ3v) is 3.36. The highest BCUT2D eigenvalue weighted by Gasteiger charge is 2.29. The van der Waals surface area contributed by atoms with Gasteiger partial charge < -0.3 is 15.5 Å². The van der Waals surface area contributed by atoms with Crippen molar-refractivity contribution in [2.75, 3.05) is 27.2 Å². The number of hydrogen-bond acceptors (Lipinski definition) is 3. The zero-order chi connectivity index (χ0) is 12.8. The molecule has 2 N–H and O–H groups in total. The number of nitrogens with zero attached hydrogens (tertiary/aromatic N) is 1. The van der Waals surface area contributed by atoms with E-state index in [4.69, 9.17) is 0 Å². The van der Waals surface area contributed by atoms with Gasteiger partial charge in [-0.3, -0.25) is 9.59 Å². The summed E-state index contributed by atoms with van der Waals surface area (Å²) in [6, 6.07) is -0.0848. The van der Waals surface area contributed by atoms with Gasteiger partial charge in [0.05, 0.1) is 6.04 Å². The molecular formula is C12H23N3O2. The summed E-state index contributed by atoms with van der Waals surface area (Å²) in [5.41, 5.74) is 0. The minimum atomic E-state index is -0.0848. The largest absolute Gasteiger partial charge is 0.359 e. The van der Waals surface area contributed by atoms with E-state index >= 15 is 0 Å². The molecule has 1 saturated heterocycles. The van der Waals surface area contributed by atoms with Crippen LogP contribution in [0.4, 0.5) is 0 Å². The maximum Gasteiger partial charge on any atom is 0.239 e. The lowest BCUT2D eigenvalue weighted by molar-refractivity contribution is -0.134. The molecule has 2 unspecified atom stereocenters. The first-order valence-electron chi connectivity index (χ1n) is 6.25. The molecule has 0 saturated carbocycles. The molecule has 1 fully saturated rings. The molecule has 0 aromatic carbocycles. The first-order valence-corrected chi connectivity index (χ1v) is 6.25. The maximum atomic E-state index is 12.1. The van der Waals surface area contributed by atoms with Gasteiger partial charge in [-0.15, -0.1) is 0 Å². The summed E-state index contributed by atoms with van der Waals surface area (Å²) in [6.07, 6.45) is 2.58. The highest BCUT2D eigenvalue weighted by atomic mass is 16.2. The van der Waals surface area contributed by atoms with E-state index in [0.29, 0.717) is 18.9 Å². The van der Waals surface area contributed by atoms with Crippen molar-refractivity contribution in [3.05, 3.63) is 0 Å². The van der Waals surface area contributed by atoms with E-state index in [0.717, 1.165) is 19.4 Å². The predicted molar refractivity (Wildman–Crippen MR) is 66.5 cm³/mol. The first kappa shape index (κ1) is 14.0. The van der Waals surface area contributed by atoms with Crippen LogP contribution in [-0.4, -0.2) is 49.9 Å². The van der Waals surface area contributed by atoms with Crippen LogP contribution in [0.5, 0.6) is 0 Å². The van der Waals surface area contributed by atoms with Crippen LogP contribution in [0.2, 0.25) is 0 Å². The Morgan fingerprint density at radius 3 is 2.76 bits per heavy atom. The number of nitrogens with one attached hydrogen (secondary N) is 2. The predicted octanol–water partition coefficient (Wildman–Crippen LogP) is -0.0310. The van der Waals surface area contributed by atoms with E-state index in [1.165, 1.54) is 0 Å². The van der Waals surface area contributed by atoms with Crippen molar-refractivity contribution in [1.29, 1.82) is 0 Å². The standard InChI is InChI=1S/C12H23N3O2/c1-9-5-4-7-14-11(9)12(17)15(3)8-6-10(16)13-2/h9,11,14H,4-8H2,1-3H3,(H,13,16). The van der Waals surface area contributed by atoms with E-state index < -0.39 is 0 Å². The second-order valence-electron chi connectivity index (χ2n) is 4.73. The molecule has 1 aliphatic rings. The Morgan fingerprint density at radius 1 is 1.47 bits per heavy atom. The Morgan fingerprint density at radius 2 is 2.18 bits per heavy atom. The lowest BCUT2D eigenvalue weighted by atomic mass is 9.92. The molecule has 0 aromatic heterocycles. The number of hydrogen-bond donors (Lipinski definition) is 2. The fourth-order valence-electron chi connectivity index (χ4n) is 2.12. The van der Waals surface area contributed by atoms with E-state index in [1.807, 2.05) is 0 Å². The Bertz CT molecular complexity index is 281. The molecule has 0 aliphatic carbocycles. The van der Waals surface area contributed by atoms with Crippen molar-refractivity contribution in [3.63, 3.8) is 0 Å². The van der Waals surface area contributed by atoms with Crippen LogP contribution in [-0.2, 0) is 9.59 Å². The van der Waals surface area contributed by atoms with Crippen LogP contribution >= 0.6 is 0 Å². The van der Waals surface area contributed by atoms with E-state index in [1.54, 1.807) is 19.0 Å². The van der Waals surface area contributed by atoms with Gasteiger partial charge in [0, 0.05) is 27.1 Å². The normalized spacial score (nSPS) is 24.2. The van der Waals surface area contributed by atoms with Gasteiger partial charge in [0.1, 0.15) is 0 Å². The molecule has 2 atom stereocenters. The smallest absolute Gasteiger partial charge is 0.239 e. The van der Waals surface area contributed by atoms with Gasteiger partial charge in [0.2, 0.25) is 11.8 Å². The van der Waals surface area contributed by atoms with Crippen LogP contribution in [0.3, 0.4) is 0 Å². The molecule has 17 heavy (non-hydrogen) atoms. The van der Waals surface area contributed by atoms with Gasteiger partial charge in [-0.05, 0) is 25.3 Å². The summed E-state index contributed by atoms with van der Waals surface area (Å²) in [5.74, 6) is 0.439. The molecule has 1 aliphatic heterocycles. The number of rotatable bonds is 4. The zero-order valence-electron chi connectivity index (χ0n) is 11.0. The summed E-state index contributed by atoms with van der Waals surface area (Å²) in [5, 5.41) is 5.81. The fraction of sp³-hybridized carbons (Fsp3) is 0.833. The van der Waals surface area contributed by atoms with Gasteiger partial charge in [0.15, 0.2) is 0 Å². The van der Waals surface area contributed by atoms with Gasteiger partial charge in [-0.25, -0.2) is 0 Å². The number of carbonyl (C=O) groups excluding carboxylic acids is 2. The Labute approximate surface area is 103 Å². The third kappa shape index (κ3) is 4.00. The Hall–Kier alpha value is -1.10. The molecule has 1 rings (SSSR count). The average molecular weight is 241 g/mol. The van der Waals surface area contributed by atoms with Crippen LogP contribution in [0.15, 0.2) is 0 Å². The van der Waals surface area contributed by atoms with Crippen molar-refractivity contribution < 1.29 is 9.59 Å². The molecule has 98 valence electrons. The van der Waals surface area contributed by atoms with Gasteiger partial charge in [-0.1, -0.05) is 6.92 Å². The van der Waals surface area contributed by atoms with E-state index in [9.17, 15) is 9.59 Å². The SMILES string of the molecule is CNC(=O)CCN(C)C(=O)C1NCCCC1C. The number of likely N-dealkylation sites (N-methyl/N-ethyl adjacent to an activating group) is 1. The molecule has 0 radical (unpaired) electrons. The summed E-state index contributed by atoms with van der Waals surface area (Å²) in [4.78, 5) is 24.9. The monoisotopic (exact) mass is 241 g/mol. The van der Waals surface area contributed by atoms with Gasteiger partial charge in [-0.2, -0.15) is 0 Å². The van der Waals surface area contributed by atoms with Crippen molar-refractivity contribution in [3.8, 4) is 0 Å². The Balaban J connectivity index is 2.42. The van der Waals surface area contributed by atoms with E-state index in [-0.39, 0.29) is 17.9 Å².